The molecule has 0 spiro atoms. The highest BCUT2D eigenvalue weighted by Crippen LogP contribution is 2.22. The molecule has 0 aliphatic rings. The van der Waals surface area contributed by atoms with Gasteiger partial charge in [0, 0.05) is 25.2 Å². The lowest BCUT2D eigenvalue weighted by Crippen LogP contribution is -2.18. The van der Waals surface area contributed by atoms with Crippen molar-refractivity contribution in [2.75, 3.05) is 24.4 Å². The van der Waals surface area contributed by atoms with E-state index in [-0.39, 0.29) is 0 Å². The monoisotopic (exact) mass is 259 g/mol. The molecule has 0 unspecified atom stereocenters. The van der Waals surface area contributed by atoms with Gasteiger partial charge in [0.05, 0.1) is 0 Å². The Morgan fingerprint density at radius 1 is 0.889 bits per heavy atom. The van der Waals surface area contributed by atoms with E-state index < -0.39 is 0 Å². The molecule has 0 bridgehead atoms. The van der Waals surface area contributed by atoms with E-state index in [9.17, 15) is 0 Å². The molecule has 2 heteroatoms. The van der Waals surface area contributed by atoms with Crippen molar-refractivity contribution in [3.05, 3.63) is 54.6 Å². The van der Waals surface area contributed by atoms with E-state index in [0.717, 1.165) is 13.0 Å². The first-order chi connectivity index (χ1) is 8.81. The zero-order valence-electron chi connectivity index (χ0n) is 10.6. The van der Waals surface area contributed by atoms with Crippen LogP contribution in [0.4, 0.5) is 5.69 Å². The van der Waals surface area contributed by atoms with E-state index in [2.05, 4.69) is 60.5 Å². The summed E-state index contributed by atoms with van der Waals surface area (Å²) in [6, 6.07) is 19.1. The van der Waals surface area contributed by atoms with Crippen molar-refractivity contribution in [1.29, 1.82) is 0 Å². The summed E-state index contributed by atoms with van der Waals surface area (Å²) in [5, 5.41) is 0. The normalized spacial score (nSPS) is 10.3. The number of hydrogen-bond acceptors (Lipinski definition) is 1. The van der Waals surface area contributed by atoms with E-state index in [1.807, 2.05) is 6.07 Å². The highest BCUT2D eigenvalue weighted by molar-refractivity contribution is 6.17. The van der Waals surface area contributed by atoms with Crippen molar-refractivity contribution < 1.29 is 0 Å². The number of benzene rings is 2. The van der Waals surface area contributed by atoms with Gasteiger partial charge in [0.2, 0.25) is 0 Å². The summed E-state index contributed by atoms with van der Waals surface area (Å²) in [7, 11) is 2.10. The molecule has 0 N–H and O–H groups in total. The average molecular weight is 260 g/mol. The topological polar surface area (TPSA) is 3.24 Å². The fourth-order valence-corrected chi connectivity index (χ4v) is 2.08. The zero-order valence-corrected chi connectivity index (χ0v) is 11.4. The largest absolute Gasteiger partial charge is 0.375 e. The second-order valence-corrected chi connectivity index (χ2v) is 4.75. The molecule has 2 rings (SSSR count). The molecule has 0 saturated heterocycles. The summed E-state index contributed by atoms with van der Waals surface area (Å²) in [5.41, 5.74) is 3.75. The molecule has 0 aliphatic heterocycles. The molecule has 0 saturated carbocycles. The third kappa shape index (κ3) is 3.27. The highest BCUT2D eigenvalue weighted by atomic mass is 35.5. The van der Waals surface area contributed by atoms with E-state index in [1.165, 1.54) is 16.8 Å². The maximum absolute atomic E-state index is 5.71. The third-order valence-electron chi connectivity index (χ3n) is 3.04. The minimum absolute atomic E-state index is 0.715. The summed E-state index contributed by atoms with van der Waals surface area (Å²) in [6.45, 7) is 0.994. The van der Waals surface area contributed by atoms with Gasteiger partial charge in [-0.3, -0.25) is 0 Å². The standard InChI is InChI=1S/C16H18ClN/c1-18(13-5-12-17)16-10-8-15(9-11-16)14-6-3-2-4-7-14/h2-4,6-11H,5,12-13H2,1H3. The lowest BCUT2D eigenvalue weighted by molar-refractivity contribution is 0.857. The Hall–Kier alpha value is -1.47. The number of anilines is 1. The van der Waals surface area contributed by atoms with Gasteiger partial charge in [0.15, 0.2) is 0 Å². The third-order valence-corrected chi connectivity index (χ3v) is 3.31. The number of hydrogen-bond donors (Lipinski definition) is 0. The Bertz CT molecular complexity index is 464. The van der Waals surface area contributed by atoms with Crippen LogP contribution in [0.5, 0.6) is 0 Å². The number of halogens is 1. The van der Waals surface area contributed by atoms with E-state index in [1.54, 1.807) is 0 Å². The smallest absolute Gasteiger partial charge is 0.0364 e. The van der Waals surface area contributed by atoms with Gasteiger partial charge in [-0.2, -0.15) is 0 Å². The van der Waals surface area contributed by atoms with E-state index >= 15 is 0 Å². The van der Waals surface area contributed by atoms with Gasteiger partial charge >= 0.3 is 0 Å². The van der Waals surface area contributed by atoms with Crippen molar-refractivity contribution >= 4 is 17.3 Å². The molecule has 0 aliphatic carbocycles. The summed E-state index contributed by atoms with van der Waals surface area (Å²) < 4.78 is 0. The van der Waals surface area contributed by atoms with Crippen LogP contribution in [-0.2, 0) is 0 Å². The number of nitrogens with zero attached hydrogens (tertiary/aromatic N) is 1. The SMILES string of the molecule is CN(CCCCl)c1ccc(-c2ccccc2)cc1. The molecule has 18 heavy (non-hydrogen) atoms. The van der Waals surface area contributed by atoms with Gasteiger partial charge in [-0.1, -0.05) is 42.5 Å². The predicted molar refractivity (Wildman–Crippen MR) is 80.5 cm³/mol. The minimum atomic E-state index is 0.715. The lowest BCUT2D eigenvalue weighted by Gasteiger charge is -2.19. The molecule has 0 fully saturated rings. The van der Waals surface area contributed by atoms with Crippen LogP contribution in [0, 0.1) is 0 Å². The molecule has 0 atom stereocenters. The molecule has 0 amide bonds. The maximum atomic E-state index is 5.71. The Morgan fingerprint density at radius 3 is 2.11 bits per heavy atom. The van der Waals surface area contributed by atoms with Crippen molar-refractivity contribution in [3.8, 4) is 11.1 Å². The number of rotatable bonds is 5. The van der Waals surface area contributed by atoms with Crippen LogP contribution in [0.15, 0.2) is 54.6 Å². The first-order valence-electron chi connectivity index (χ1n) is 6.24. The summed E-state index contributed by atoms with van der Waals surface area (Å²) in [4.78, 5) is 2.23. The molecule has 0 aromatic heterocycles. The van der Waals surface area contributed by atoms with E-state index in [4.69, 9.17) is 11.6 Å². The van der Waals surface area contributed by atoms with Crippen LogP contribution in [0.2, 0.25) is 0 Å². The molecule has 2 aromatic rings. The zero-order chi connectivity index (χ0) is 12.8. The van der Waals surface area contributed by atoms with Crippen LogP contribution in [0.3, 0.4) is 0 Å². The van der Waals surface area contributed by atoms with Crippen molar-refractivity contribution in [2.45, 2.75) is 6.42 Å². The fraction of sp³-hybridized carbons (Fsp3) is 0.250. The maximum Gasteiger partial charge on any atom is 0.0364 e. The average Bonchev–Trinajstić information content (AvgIpc) is 2.46. The molecule has 94 valence electrons. The van der Waals surface area contributed by atoms with Gasteiger partial charge in [-0.25, -0.2) is 0 Å². The van der Waals surface area contributed by atoms with Crippen LogP contribution in [0.25, 0.3) is 11.1 Å². The molecular weight excluding hydrogens is 242 g/mol. The fourth-order valence-electron chi connectivity index (χ4n) is 1.96. The second-order valence-electron chi connectivity index (χ2n) is 4.38. The van der Waals surface area contributed by atoms with Gasteiger partial charge in [0.25, 0.3) is 0 Å². The lowest BCUT2D eigenvalue weighted by atomic mass is 10.1. The molecule has 0 heterocycles. The molecule has 0 radical (unpaired) electrons. The first-order valence-corrected chi connectivity index (χ1v) is 6.77. The van der Waals surface area contributed by atoms with Crippen LogP contribution < -0.4 is 4.90 Å². The van der Waals surface area contributed by atoms with Crippen LogP contribution >= 0.6 is 11.6 Å². The van der Waals surface area contributed by atoms with Crippen molar-refractivity contribution in [3.63, 3.8) is 0 Å². The van der Waals surface area contributed by atoms with Gasteiger partial charge in [-0.05, 0) is 29.7 Å². The Morgan fingerprint density at radius 2 is 1.50 bits per heavy atom. The van der Waals surface area contributed by atoms with Gasteiger partial charge < -0.3 is 4.90 Å². The van der Waals surface area contributed by atoms with Gasteiger partial charge in [0.1, 0.15) is 0 Å². The van der Waals surface area contributed by atoms with Crippen LogP contribution in [0.1, 0.15) is 6.42 Å². The molecule has 1 nitrogen and oxygen atoms in total. The molecule has 2 aromatic carbocycles. The number of alkyl halides is 1. The van der Waals surface area contributed by atoms with Gasteiger partial charge in [-0.15, -0.1) is 11.6 Å². The van der Waals surface area contributed by atoms with Crippen LogP contribution in [-0.4, -0.2) is 19.5 Å². The van der Waals surface area contributed by atoms with Crippen molar-refractivity contribution in [2.24, 2.45) is 0 Å². The Balaban J connectivity index is 2.10. The summed E-state index contributed by atoms with van der Waals surface area (Å²) in [6.07, 6.45) is 1.01. The Kier molecular flexibility index (Phi) is 4.66. The van der Waals surface area contributed by atoms with E-state index in [0.29, 0.717) is 5.88 Å². The second kappa shape index (κ2) is 6.46. The quantitative estimate of drug-likeness (QED) is 0.719. The predicted octanol–water partition coefficient (Wildman–Crippen LogP) is 4.42. The summed E-state index contributed by atoms with van der Waals surface area (Å²) in [5.74, 6) is 0.715. The van der Waals surface area contributed by atoms with Crippen molar-refractivity contribution in [1.82, 2.24) is 0 Å². The first kappa shape index (κ1) is 13.0. The summed E-state index contributed by atoms with van der Waals surface area (Å²) >= 11 is 5.71. The highest BCUT2D eigenvalue weighted by Gasteiger charge is 2.01. The molecular formula is C16H18ClN. The minimum Gasteiger partial charge on any atom is -0.375 e. The Labute approximate surface area is 114 Å².